The molecule has 3 rings (SSSR count). The summed E-state index contributed by atoms with van der Waals surface area (Å²) in [5.41, 5.74) is 2.15. The van der Waals surface area contributed by atoms with E-state index >= 15 is 0 Å². The van der Waals surface area contributed by atoms with E-state index in [1.807, 2.05) is 36.4 Å². The van der Waals surface area contributed by atoms with Gasteiger partial charge in [0.05, 0.1) is 0 Å². The van der Waals surface area contributed by atoms with Gasteiger partial charge in [-0.15, -0.1) is 0 Å². The number of fused-ring (bicyclic) bond motifs is 1. The molecule has 0 saturated heterocycles. The molecule has 1 aliphatic rings. The number of hydrogen-bond donors (Lipinski definition) is 0. The summed E-state index contributed by atoms with van der Waals surface area (Å²) in [6, 6.07) is 16.1. The van der Waals surface area contributed by atoms with Crippen molar-refractivity contribution in [2.24, 2.45) is 0 Å². The van der Waals surface area contributed by atoms with Crippen molar-refractivity contribution in [3.63, 3.8) is 0 Å². The molecule has 96 valence electrons. The Morgan fingerprint density at radius 1 is 1.16 bits per heavy atom. The van der Waals surface area contributed by atoms with E-state index in [0.717, 1.165) is 15.8 Å². The SMILES string of the molecule is COc1ccc2c(c1)[Se]C(c1ccccc1)CC2=O. The molecule has 2 aromatic carbocycles. The van der Waals surface area contributed by atoms with E-state index in [9.17, 15) is 4.79 Å². The van der Waals surface area contributed by atoms with Crippen LogP contribution in [0.1, 0.15) is 27.2 Å². The molecule has 0 aliphatic carbocycles. The molecule has 1 aliphatic heterocycles. The number of hydrogen-bond acceptors (Lipinski definition) is 2. The number of carbonyl (C=O) groups is 1. The van der Waals surface area contributed by atoms with Gasteiger partial charge in [0.15, 0.2) is 0 Å². The van der Waals surface area contributed by atoms with Crippen LogP contribution in [0.15, 0.2) is 48.5 Å². The van der Waals surface area contributed by atoms with Crippen molar-refractivity contribution >= 4 is 25.2 Å². The van der Waals surface area contributed by atoms with Crippen LogP contribution in [-0.4, -0.2) is 27.8 Å². The van der Waals surface area contributed by atoms with Gasteiger partial charge in [-0.1, -0.05) is 0 Å². The molecule has 1 heterocycles. The van der Waals surface area contributed by atoms with E-state index in [1.165, 1.54) is 5.56 Å². The molecule has 2 aromatic rings. The van der Waals surface area contributed by atoms with Gasteiger partial charge in [-0.25, -0.2) is 0 Å². The zero-order valence-electron chi connectivity index (χ0n) is 10.6. The van der Waals surface area contributed by atoms with Crippen LogP contribution in [0.25, 0.3) is 0 Å². The number of carbonyl (C=O) groups excluding carboxylic acids is 1. The summed E-state index contributed by atoms with van der Waals surface area (Å²) in [5, 5.41) is 0. The molecule has 2 nitrogen and oxygen atoms in total. The van der Waals surface area contributed by atoms with Gasteiger partial charge in [0.2, 0.25) is 0 Å². The zero-order chi connectivity index (χ0) is 13.2. The summed E-state index contributed by atoms with van der Waals surface area (Å²) >= 11 is 0.277. The number of benzene rings is 2. The van der Waals surface area contributed by atoms with E-state index in [4.69, 9.17) is 4.74 Å². The Morgan fingerprint density at radius 2 is 1.95 bits per heavy atom. The molecule has 0 amide bonds. The fourth-order valence-electron chi connectivity index (χ4n) is 2.28. The standard InChI is InChI=1S/C16H14O2Se/c1-18-12-7-8-13-14(17)10-15(19-16(13)9-12)11-5-3-2-4-6-11/h2-9,15H,10H2,1H3. The molecular formula is C16H14O2Se. The molecule has 0 bridgehead atoms. The number of ether oxygens (including phenoxy) is 1. The molecule has 19 heavy (non-hydrogen) atoms. The summed E-state index contributed by atoms with van der Waals surface area (Å²) in [6.45, 7) is 0. The van der Waals surface area contributed by atoms with E-state index in [2.05, 4.69) is 12.1 Å². The molecule has 0 spiro atoms. The Balaban J connectivity index is 1.96. The van der Waals surface area contributed by atoms with Crippen LogP contribution in [-0.2, 0) is 0 Å². The first-order valence-electron chi connectivity index (χ1n) is 6.21. The summed E-state index contributed by atoms with van der Waals surface area (Å²) in [7, 11) is 1.66. The minimum absolute atomic E-state index is 0.250. The number of rotatable bonds is 2. The number of Topliss-reactive ketones (excluding diaryl/α,β-unsaturated/α-hetero) is 1. The van der Waals surface area contributed by atoms with Gasteiger partial charge >= 0.3 is 118 Å². The van der Waals surface area contributed by atoms with Crippen molar-refractivity contribution in [3.05, 3.63) is 59.7 Å². The van der Waals surface area contributed by atoms with E-state index in [0.29, 0.717) is 11.2 Å². The van der Waals surface area contributed by atoms with E-state index in [1.54, 1.807) is 7.11 Å². The summed E-state index contributed by atoms with van der Waals surface area (Å²) in [5.74, 6) is 1.08. The molecular weight excluding hydrogens is 303 g/mol. The second-order valence-corrected chi connectivity index (χ2v) is 7.12. The van der Waals surface area contributed by atoms with Crippen LogP contribution in [0.4, 0.5) is 0 Å². The van der Waals surface area contributed by atoms with Gasteiger partial charge in [0.1, 0.15) is 0 Å². The van der Waals surface area contributed by atoms with E-state index in [-0.39, 0.29) is 20.7 Å². The third-order valence-electron chi connectivity index (χ3n) is 3.30. The number of ketones is 1. The maximum absolute atomic E-state index is 12.2. The summed E-state index contributed by atoms with van der Waals surface area (Å²) in [6.07, 6.45) is 0.628. The normalized spacial score (nSPS) is 17.9. The van der Waals surface area contributed by atoms with Gasteiger partial charge in [-0.2, -0.15) is 0 Å². The predicted molar refractivity (Wildman–Crippen MR) is 76.5 cm³/mol. The van der Waals surface area contributed by atoms with Crippen LogP contribution in [0.3, 0.4) is 0 Å². The second-order valence-electron chi connectivity index (χ2n) is 4.51. The van der Waals surface area contributed by atoms with Crippen molar-refractivity contribution in [2.75, 3.05) is 7.11 Å². The van der Waals surface area contributed by atoms with Crippen LogP contribution >= 0.6 is 0 Å². The fourth-order valence-corrected chi connectivity index (χ4v) is 5.07. The molecule has 1 atom stereocenters. The monoisotopic (exact) mass is 318 g/mol. The molecule has 0 fully saturated rings. The summed E-state index contributed by atoms with van der Waals surface area (Å²) < 4.78 is 6.42. The average molecular weight is 317 g/mol. The van der Waals surface area contributed by atoms with Gasteiger partial charge < -0.3 is 0 Å². The van der Waals surface area contributed by atoms with Gasteiger partial charge in [-0.05, 0) is 0 Å². The third kappa shape index (κ3) is 2.44. The number of methoxy groups -OCH3 is 1. The Bertz CT molecular complexity index is 607. The average Bonchev–Trinajstić information content (AvgIpc) is 2.47. The van der Waals surface area contributed by atoms with Crippen molar-refractivity contribution in [1.29, 1.82) is 0 Å². The molecule has 0 aromatic heterocycles. The quantitative estimate of drug-likeness (QED) is 0.795. The van der Waals surface area contributed by atoms with Crippen LogP contribution in [0, 0.1) is 0 Å². The molecule has 0 saturated carbocycles. The zero-order valence-corrected chi connectivity index (χ0v) is 12.3. The Kier molecular flexibility index (Phi) is 3.41. The topological polar surface area (TPSA) is 26.3 Å². The van der Waals surface area contributed by atoms with E-state index < -0.39 is 0 Å². The predicted octanol–water partition coefficient (Wildman–Crippen LogP) is 2.35. The molecule has 3 heteroatoms. The van der Waals surface area contributed by atoms with Gasteiger partial charge in [-0.3, -0.25) is 0 Å². The molecule has 0 radical (unpaired) electrons. The summed E-state index contributed by atoms with van der Waals surface area (Å²) in [4.78, 5) is 12.6. The van der Waals surface area contributed by atoms with Crippen molar-refractivity contribution < 1.29 is 9.53 Å². The second kappa shape index (κ2) is 5.20. The van der Waals surface area contributed by atoms with Crippen molar-refractivity contribution in [2.45, 2.75) is 11.2 Å². The first kappa shape index (κ1) is 12.5. The fraction of sp³-hybridized carbons (Fsp3) is 0.188. The first-order chi connectivity index (χ1) is 9.28. The van der Waals surface area contributed by atoms with Crippen molar-refractivity contribution in [3.8, 4) is 5.75 Å². The Labute approximate surface area is 118 Å². The molecule has 1 unspecified atom stereocenters. The Morgan fingerprint density at radius 3 is 2.68 bits per heavy atom. The van der Waals surface area contributed by atoms with Gasteiger partial charge in [0, 0.05) is 0 Å². The Hall–Kier alpha value is -1.57. The van der Waals surface area contributed by atoms with Crippen LogP contribution in [0.5, 0.6) is 5.75 Å². The van der Waals surface area contributed by atoms with Crippen LogP contribution in [0.2, 0.25) is 0 Å². The molecule has 0 N–H and O–H groups in total. The maximum atomic E-state index is 12.2. The van der Waals surface area contributed by atoms with Crippen LogP contribution < -0.4 is 9.20 Å². The van der Waals surface area contributed by atoms with Crippen molar-refractivity contribution in [1.82, 2.24) is 0 Å². The third-order valence-corrected chi connectivity index (χ3v) is 6.06. The minimum atomic E-state index is 0.250. The van der Waals surface area contributed by atoms with Gasteiger partial charge in [0.25, 0.3) is 0 Å². The first-order valence-corrected chi connectivity index (χ1v) is 8.05.